The van der Waals surface area contributed by atoms with Gasteiger partial charge in [-0.2, -0.15) is 0 Å². The topological polar surface area (TPSA) is 102 Å². The minimum Gasteiger partial charge on any atom is -0.495 e. The molecule has 166 valence electrons. The minimum atomic E-state index is -0.522. The largest absolute Gasteiger partial charge is 0.495 e. The van der Waals surface area contributed by atoms with Crippen molar-refractivity contribution in [1.82, 2.24) is 0 Å². The fraction of sp³-hybridized carbons (Fsp3) is 0.120. The molecular weight excluding hydrogens is 422 g/mol. The van der Waals surface area contributed by atoms with Crippen molar-refractivity contribution in [3.8, 4) is 5.75 Å². The van der Waals surface area contributed by atoms with Gasteiger partial charge in [-0.25, -0.2) is 4.90 Å². The first-order valence-electron chi connectivity index (χ1n) is 10.2. The molecule has 1 aliphatic heterocycles. The number of nitro benzene ring substituents is 1. The summed E-state index contributed by atoms with van der Waals surface area (Å²) in [6, 6.07) is 18.0. The number of hydrogen-bond donors (Lipinski definition) is 1. The van der Waals surface area contributed by atoms with Crippen molar-refractivity contribution in [2.45, 2.75) is 13.8 Å². The number of hydrogen-bond acceptors (Lipinski definition) is 6. The third kappa shape index (κ3) is 3.94. The van der Waals surface area contributed by atoms with Gasteiger partial charge in [-0.1, -0.05) is 29.8 Å². The minimum absolute atomic E-state index is 0.0679. The van der Waals surface area contributed by atoms with E-state index in [2.05, 4.69) is 5.32 Å². The van der Waals surface area contributed by atoms with Crippen molar-refractivity contribution in [2.75, 3.05) is 17.3 Å². The molecule has 0 bridgehead atoms. The van der Waals surface area contributed by atoms with Gasteiger partial charge >= 0.3 is 0 Å². The molecule has 8 heteroatoms. The number of non-ortho nitro benzene ring substituents is 1. The number of nitrogens with zero attached hydrogens (tertiary/aromatic N) is 2. The summed E-state index contributed by atoms with van der Waals surface area (Å²) in [5, 5.41) is 14.1. The quantitative estimate of drug-likeness (QED) is 0.339. The molecule has 0 aliphatic carbocycles. The fourth-order valence-electron chi connectivity index (χ4n) is 3.82. The highest BCUT2D eigenvalue weighted by Gasteiger charge is 2.41. The first kappa shape index (κ1) is 21.8. The van der Waals surface area contributed by atoms with E-state index in [9.17, 15) is 19.7 Å². The van der Waals surface area contributed by atoms with Crippen molar-refractivity contribution < 1.29 is 19.2 Å². The summed E-state index contributed by atoms with van der Waals surface area (Å²) in [4.78, 5) is 38.8. The van der Waals surface area contributed by atoms with Gasteiger partial charge < -0.3 is 10.1 Å². The normalized spacial score (nSPS) is 13.5. The Kier molecular flexibility index (Phi) is 5.66. The lowest BCUT2D eigenvalue weighted by atomic mass is 10.0. The van der Waals surface area contributed by atoms with Crippen molar-refractivity contribution in [2.24, 2.45) is 0 Å². The van der Waals surface area contributed by atoms with E-state index in [1.807, 2.05) is 26.0 Å². The zero-order chi connectivity index (χ0) is 23.7. The summed E-state index contributed by atoms with van der Waals surface area (Å²) in [5.41, 5.74) is 3.25. The summed E-state index contributed by atoms with van der Waals surface area (Å²) in [7, 11) is 1.51. The van der Waals surface area contributed by atoms with Crippen LogP contribution in [0, 0.1) is 24.0 Å². The predicted molar refractivity (Wildman–Crippen MR) is 125 cm³/mol. The third-order valence-electron chi connectivity index (χ3n) is 5.41. The maximum atomic E-state index is 13.6. The molecule has 0 fully saturated rings. The number of aryl methyl sites for hydroxylation is 2. The van der Waals surface area contributed by atoms with Crippen molar-refractivity contribution in [1.29, 1.82) is 0 Å². The number of carbonyl (C=O) groups is 2. The smallest absolute Gasteiger partial charge is 0.282 e. The van der Waals surface area contributed by atoms with E-state index < -0.39 is 16.7 Å². The number of rotatable bonds is 6. The second-order valence-corrected chi connectivity index (χ2v) is 7.61. The maximum absolute atomic E-state index is 13.6. The zero-order valence-electron chi connectivity index (χ0n) is 18.3. The van der Waals surface area contributed by atoms with Crippen LogP contribution in [0.25, 0.3) is 5.57 Å². The molecule has 0 unspecified atom stereocenters. The number of para-hydroxylation sites is 2. The molecule has 2 amide bonds. The molecule has 0 spiro atoms. The molecule has 3 aromatic carbocycles. The first-order chi connectivity index (χ1) is 15.8. The van der Waals surface area contributed by atoms with Crippen molar-refractivity contribution >= 4 is 34.4 Å². The first-order valence-corrected chi connectivity index (χ1v) is 10.2. The Balaban J connectivity index is 1.86. The lowest BCUT2D eigenvalue weighted by Crippen LogP contribution is -2.33. The highest BCUT2D eigenvalue weighted by atomic mass is 16.6. The molecule has 0 aromatic heterocycles. The molecular formula is C25H21N3O5. The van der Waals surface area contributed by atoms with Gasteiger partial charge in [0.25, 0.3) is 17.5 Å². The molecule has 0 saturated heterocycles. The van der Waals surface area contributed by atoms with Crippen LogP contribution < -0.4 is 15.0 Å². The van der Waals surface area contributed by atoms with Gasteiger partial charge in [-0.05, 0) is 55.3 Å². The number of methoxy groups -OCH3 is 1. The summed E-state index contributed by atoms with van der Waals surface area (Å²) in [6.45, 7) is 3.76. The van der Waals surface area contributed by atoms with Crippen LogP contribution in [0.3, 0.4) is 0 Å². The highest BCUT2D eigenvalue weighted by Crippen LogP contribution is 2.37. The fourth-order valence-corrected chi connectivity index (χ4v) is 3.82. The van der Waals surface area contributed by atoms with Gasteiger partial charge in [-0.15, -0.1) is 0 Å². The third-order valence-corrected chi connectivity index (χ3v) is 5.41. The number of anilines is 2. The number of nitrogens with one attached hydrogen (secondary N) is 1. The molecule has 3 aromatic rings. The Labute approximate surface area is 190 Å². The molecule has 1 heterocycles. The number of imide groups is 1. The van der Waals surface area contributed by atoms with E-state index in [4.69, 9.17) is 4.74 Å². The molecule has 0 radical (unpaired) electrons. The van der Waals surface area contributed by atoms with Gasteiger partial charge in [0.15, 0.2) is 0 Å². The van der Waals surface area contributed by atoms with Gasteiger partial charge in [0.05, 0.1) is 29.0 Å². The lowest BCUT2D eigenvalue weighted by Gasteiger charge is -2.18. The second-order valence-electron chi connectivity index (χ2n) is 7.61. The average molecular weight is 443 g/mol. The predicted octanol–water partition coefficient (Wildman–Crippen LogP) is 4.62. The Morgan fingerprint density at radius 3 is 2.27 bits per heavy atom. The van der Waals surface area contributed by atoms with E-state index in [-0.39, 0.29) is 17.0 Å². The standard InChI is InChI=1S/C25H21N3O5/c1-15-8-13-20(16(2)14-15)27-24(29)22(17-9-11-18(12-10-17)28(31)32)23(25(27)30)26-19-6-4-5-7-21(19)33-3/h4-14,26H,1-3H3. The SMILES string of the molecule is COc1ccccc1NC1=C(c2ccc([N+](=O)[O-])cc2)C(=O)N(c2ccc(C)cc2C)C1=O. The molecule has 8 nitrogen and oxygen atoms in total. The number of nitro groups is 1. The van der Waals surface area contributed by atoms with E-state index >= 15 is 0 Å². The maximum Gasteiger partial charge on any atom is 0.282 e. The Hall–Kier alpha value is -4.46. The van der Waals surface area contributed by atoms with Crippen LogP contribution >= 0.6 is 0 Å². The van der Waals surface area contributed by atoms with Gasteiger partial charge in [0.1, 0.15) is 11.4 Å². The summed E-state index contributed by atoms with van der Waals surface area (Å²) in [6.07, 6.45) is 0. The van der Waals surface area contributed by atoms with Crippen LogP contribution in [0.4, 0.5) is 17.1 Å². The van der Waals surface area contributed by atoms with Gasteiger partial charge in [0, 0.05) is 12.1 Å². The van der Waals surface area contributed by atoms with Crippen molar-refractivity contribution in [3.63, 3.8) is 0 Å². The molecule has 0 saturated carbocycles. The average Bonchev–Trinajstić information content (AvgIpc) is 3.04. The van der Waals surface area contributed by atoms with Crippen LogP contribution in [0.1, 0.15) is 16.7 Å². The second kappa shape index (κ2) is 8.58. The number of carbonyl (C=O) groups excluding carboxylic acids is 2. The van der Waals surface area contributed by atoms with Crippen LogP contribution in [0.2, 0.25) is 0 Å². The molecule has 1 aliphatic rings. The Morgan fingerprint density at radius 1 is 0.939 bits per heavy atom. The number of benzene rings is 3. The van der Waals surface area contributed by atoms with Crippen LogP contribution in [-0.4, -0.2) is 23.8 Å². The van der Waals surface area contributed by atoms with Gasteiger partial charge in [0.2, 0.25) is 0 Å². The highest BCUT2D eigenvalue weighted by molar-refractivity contribution is 6.46. The molecule has 1 N–H and O–H groups in total. The van der Waals surface area contributed by atoms with Crippen LogP contribution in [0.5, 0.6) is 5.75 Å². The number of amides is 2. The van der Waals surface area contributed by atoms with E-state index in [1.165, 1.54) is 31.4 Å². The van der Waals surface area contributed by atoms with Crippen LogP contribution in [-0.2, 0) is 9.59 Å². The van der Waals surface area contributed by atoms with Crippen molar-refractivity contribution in [3.05, 3.63) is 99.2 Å². The summed E-state index contributed by atoms with van der Waals surface area (Å²) in [5.74, 6) is -0.539. The lowest BCUT2D eigenvalue weighted by molar-refractivity contribution is -0.384. The van der Waals surface area contributed by atoms with E-state index in [0.29, 0.717) is 22.7 Å². The van der Waals surface area contributed by atoms with E-state index in [0.717, 1.165) is 16.0 Å². The molecule has 33 heavy (non-hydrogen) atoms. The summed E-state index contributed by atoms with van der Waals surface area (Å²) >= 11 is 0. The van der Waals surface area contributed by atoms with E-state index in [1.54, 1.807) is 30.3 Å². The van der Waals surface area contributed by atoms with Gasteiger partial charge in [-0.3, -0.25) is 19.7 Å². The Morgan fingerprint density at radius 2 is 1.64 bits per heavy atom. The monoisotopic (exact) mass is 443 g/mol. The molecule has 0 atom stereocenters. The molecule has 4 rings (SSSR count). The van der Waals surface area contributed by atoms with Crippen LogP contribution in [0.15, 0.2) is 72.4 Å². The number of ether oxygens (including phenoxy) is 1. The zero-order valence-corrected chi connectivity index (χ0v) is 18.3. The summed E-state index contributed by atoms with van der Waals surface area (Å²) < 4.78 is 5.37. The Bertz CT molecular complexity index is 1310.